The molecule has 0 unspecified atom stereocenters. The second-order valence-corrected chi connectivity index (χ2v) is 6.89. The van der Waals surface area contributed by atoms with Crippen molar-refractivity contribution < 1.29 is 0 Å². The smallest absolute Gasteiger partial charge is 0.0640 e. The number of nitrogens with zero attached hydrogens (tertiary/aromatic N) is 1. The van der Waals surface area contributed by atoms with Crippen molar-refractivity contribution in [3.63, 3.8) is 0 Å². The molecule has 1 heterocycles. The predicted molar refractivity (Wildman–Crippen MR) is 74.3 cm³/mol. The normalized spacial score (nSPS) is 17.4. The number of hydrogen-bond donors (Lipinski definition) is 0. The van der Waals surface area contributed by atoms with Crippen molar-refractivity contribution in [2.75, 3.05) is 18.0 Å². The molecular weight excluding hydrogens is 286 g/mol. The summed E-state index contributed by atoms with van der Waals surface area (Å²) in [5, 5.41) is 0.843. The van der Waals surface area contributed by atoms with Crippen LogP contribution in [0, 0.1) is 11.3 Å². The Morgan fingerprint density at radius 3 is 2.50 bits per heavy atom. The summed E-state index contributed by atoms with van der Waals surface area (Å²) < 4.78 is 1.09. The lowest BCUT2D eigenvalue weighted by Gasteiger charge is -2.47. The van der Waals surface area contributed by atoms with Crippen LogP contribution < -0.4 is 4.90 Å². The molecule has 0 aromatic heterocycles. The van der Waals surface area contributed by atoms with Crippen molar-refractivity contribution in [2.45, 2.75) is 20.8 Å². The minimum Gasteiger partial charge on any atom is -0.370 e. The van der Waals surface area contributed by atoms with Gasteiger partial charge in [-0.3, -0.25) is 0 Å². The van der Waals surface area contributed by atoms with E-state index < -0.39 is 0 Å². The summed E-state index contributed by atoms with van der Waals surface area (Å²) in [7, 11) is 0. The maximum absolute atomic E-state index is 6.20. The van der Waals surface area contributed by atoms with Crippen LogP contribution >= 0.6 is 27.5 Å². The van der Waals surface area contributed by atoms with E-state index in [-0.39, 0.29) is 0 Å². The van der Waals surface area contributed by atoms with Crippen LogP contribution in [0.15, 0.2) is 22.7 Å². The highest BCUT2D eigenvalue weighted by Gasteiger charge is 2.36. The van der Waals surface area contributed by atoms with Crippen molar-refractivity contribution in [3.05, 3.63) is 27.7 Å². The Morgan fingerprint density at radius 2 is 1.94 bits per heavy atom. The molecule has 1 aliphatic heterocycles. The van der Waals surface area contributed by atoms with Crippen LogP contribution in [0.4, 0.5) is 5.69 Å². The third kappa shape index (κ3) is 2.38. The minimum absolute atomic E-state index is 0.398. The molecule has 0 amide bonds. The van der Waals surface area contributed by atoms with E-state index in [0.29, 0.717) is 5.41 Å². The zero-order valence-electron chi connectivity index (χ0n) is 9.93. The summed E-state index contributed by atoms with van der Waals surface area (Å²) in [4.78, 5) is 2.35. The lowest BCUT2D eigenvalue weighted by atomic mass is 9.76. The average molecular weight is 303 g/mol. The Kier molecular flexibility index (Phi) is 3.24. The van der Waals surface area contributed by atoms with Crippen LogP contribution in [0.2, 0.25) is 5.02 Å². The number of rotatable bonds is 1. The van der Waals surface area contributed by atoms with Crippen LogP contribution in [0.1, 0.15) is 20.8 Å². The first-order chi connectivity index (χ1) is 7.38. The zero-order valence-corrected chi connectivity index (χ0v) is 12.3. The summed E-state index contributed by atoms with van der Waals surface area (Å²) in [5.74, 6) is 0.766. The van der Waals surface area contributed by atoms with Gasteiger partial charge in [-0.2, -0.15) is 0 Å². The topological polar surface area (TPSA) is 3.24 Å². The second-order valence-electron chi connectivity index (χ2n) is 5.56. The first-order valence-electron chi connectivity index (χ1n) is 5.58. The van der Waals surface area contributed by atoms with E-state index in [2.05, 4.69) is 47.7 Å². The number of halogens is 2. The third-order valence-corrected chi connectivity index (χ3v) is 4.17. The molecule has 3 heteroatoms. The standard InChI is InChI=1S/C13H17BrClN/c1-13(2,3)9-7-16(8-9)12-6-10(14)4-5-11(12)15/h4-6,9H,7-8H2,1-3H3. The molecule has 1 saturated heterocycles. The average Bonchev–Trinajstić information content (AvgIpc) is 2.06. The largest absolute Gasteiger partial charge is 0.370 e. The fraction of sp³-hybridized carbons (Fsp3) is 0.538. The number of benzene rings is 1. The van der Waals surface area contributed by atoms with Crippen LogP contribution in [0.5, 0.6) is 0 Å². The maximum Gasteiger partial charge on any atom is 0.0640 e. The van der Waals surface area contributed by atoms with Gasteiger partial charge in [-0.1, -0.05) is 48.3 Å². The minimum atomic E-state index is 0.398. The van der Waals surface area contributed by atoms with E-state index in [1.54, 1.807) is 0 Å². The van der Waals surface area contributed by atoms with Gasteiger partial charge < -0.3 is 4.90 Å². The molecule has 0 N–H and O–H groups in total. The highest BCUT2D eigenvalue weighted by Crippen LogP contribution is 2.39. The summed E-state index contributed by atoms with van der Waals surface area (Å²) in [6.07, 6.45) is 0. The van der Waals surface area contributed by atoms with Gasteiger partial charge in [0.05, 0.1) is 10.7 Å². The van der Waals surface area contributed by atoms with Gasteiger partial charge in [0.2, 0.25) is 0 Å². The zero-order chi connectivity index (χ0) is 11.9. The van der Waals surface area contributed by atoms with Crippen molar-refractivity contribution in [2.24, 2.45) is 11.3 Å². The van der Waals surface area contributed by atoms with Crippen molar-refractivity contribution in [1.82, 2.24) is 0 Å². The van der Waals surface area contributed by atoms with E-state index in [0.717, 1.165) is 34.2 Å². The highest BCUT2D eigenvalue weighted by atomic mass is 79.9. The molecule has 0 spiro atoms. The van der Waals surface area contributed by atoms with Crippen molar-refractivity contribution in [1.29, 1.82) is 0 Å². The Bertz CT molecular complexity index is 391. The summed E-state index contributed by atoms with van der Waals surface area (Å²) in [5.41, 5.74) is 1.55. The second kappa shape index (κ2) is 4.23. The molecule has 1 aromatic rings. The maximum atomic E-state index is 6.20. The molecule has 1 aliphatic rings. The first kappa shape index (κ1) is 12.3. The SMILES string of the molecule is CC(C)(C)C1CN(c2cc(Br)ccc2Cl)C1. The summed E-state index contributed by atoms with van der Waals surface area (Å²) >= 11 is 9.69. The summed E-state index contributed by atoms with van der Waals surface area (Å²) in [6, 6.07) is 6.03. The van der Waals surface area contributed by atoms with E-state index in [1.807, 2.05) is 12.1 Å². The first-order valence-corrected chi connectivity index (χ1v) is 6.75. The molecular formula is C13H17BrClN. The van der Waals surface area contributed by atoms with Crippen molar-refractivity contribution in [3.8, 4) is 0 Å². The lowest BCUT2D eigenvalue weighted by molar-refractivity contribution is 0.195. The van der Waals surface area contributed by atoms with Crippen LogP contribution in [-0.2, 0) is 0 Å². The molecule has 1 nitrogen and oxygen atoms in total. The van der Waals surface area contributed by atoms with Crippen LogP contribution in [-0.4, -0.2) is 13.1 Å². The molecule has 16 heavy (non-hydrogen) atoms. The molecule has 0 bridgehead atoms. The van der Waals surface area contributed by atoms with Gasteiger partial charge >= 0.3 is 0 Å². The van der Waals surface area contributed by atoms with Crippen molar-refractivity contribution >= 4 is 33.2 Å². The third-order valence-electron chi connectivity index (χ3n) is 3.36. The van der Waals surface area contributed by atoms with Gasteiger partial charge in [-0.05, 0) is 29.5 Å². The Hall–Kier alpha value is -0.210. The monoisotopic (exact) mass is 301 g/mol. The van der Waals surface area contributed by atoms with Gasteiger partial charge in [0, 0.05) is 17.6 Å². The van der Waals surface area contributed by atoms with Crippen LogP contribution in [0.3, 0.4) is 0 Å². The number of hydrogen-bond acceptors (Lipinski definition) is 1. The van der Waals surface area contributed by atoms with Gasteiger partial charge in [0.25, 0.3) is 0 Å². The molecule has 1 fully saturated rings. The summed E-state index contributed by atoms with van der Waals surface area (Å²) in [6.45, 7) is 9.13. The fourth-order valence-electron chi connectivity index (χ4n) is 1.95. The van der Waals surface area contributed by atoms with E-state index in [1.165, 1.54) is 0 Å². The van der Waals surface area contributed by atoms with Crippen LogP contribution in [0.25, 0.3) is 0 Å². The van der Waals surface area contributed by atoms with Gasteiger partial charge in [0.15, 0.2) is 0 Å². The Labute approximate surface area is 111 Å². The van der Waals surface area contributed by atoms with Gasteiger partial charge in [0.1, 0.15) is 0 Å². The van der Waals surface area contributed by atoms with E-state index >= 15 is 0 Å². The molecule has 88 valence electrons. The van der Waals surface area contributed by atoms with E-state index in [4.69, 9.17) is 11.6 Å². The quantitative estimate of drug-likeness (QED) is 0.733. The Balaban J connectivity index is 2.09. The molecule has 0 saturated carbocycles. The molecule has 0 atom stereocenters. The molecule has 2 rings (SSSR count). The molecule has 1 aromatic carbocycles. The molecule has 0 aliphatic carbocycles. The Morgan fingerprint density at radius 1 is 1.31 bits per heavy atom. The van der Waals surface area contributed by atoms with E-state index in [9.17, 15) is 0 Å². The lowest BCUT2D eigenvalue weighted by Crippen LogP contribution is -2.52. The number of anilines is 1. The van der Waals surface area contributed by atoms with Gasteiger partial charge in [-0.25, -0.2) is 0 Å². The van der Waals surface area contributed by atoms with Gasteiger partial charge in [-0.15, -0.1) is 0 Å². The fourth-order valence-corrected chi connectivity index (χ4v) is 2.54. The predicted octanol–water partition coefficient (Wildman–Crippen LogP) is 4.58. The molecule has 0 radical (unpaired) electrons. The highest BCUT2D eigenvalue weighted by molar-refractivity contribution is 9.10.